The summed E-state index contributed by atoms with van der Waals surface area (Å²) in [6, 6.07) is 2.96. The second-order valence-corrected chi connectivity index (χ2v) is 3.42. The summed E-state index contributed by atoms with van der Waals surface area (Å²) in [5.74, 6) is -1.86. The standard InChI is InChI=1S/C10H10BrFO2/c1-2-6-3-4-7(10(13)14)9(12)8(6)5-11/h3-4H,2,5H2,1H3,(H,13,14). The summed E-state index contributed by atoms with van der Waals surface area (Å²) in [5.41, 5.74) is 1.01. The van der Waals surface area contributed by atoms with Crippen LogP contribution in [0.1, 0.15) is 28.4 Å². The Bertz CT molecular complexity index is 363. The Balaban J connectivity index is 3.34. The van der Waals surface area contributed by atoms with Gasteiger partial charge in [-0.3, -0.25) is 0 Å². The van der Waals surface area contributed by atoms with E-state index in [1.165, 1.54) is 6.07 Å². The van der Waals surface area contributed by atoms with Crippen molar-refractivity contribution < 1.29 is 14.3 Å². The van der Waals surface area contributed by atoms with E-state index < -0.39 is 11.8 Å². The van der Waals surface area contributed by atoms with Gasteiger partial charge in [-0.05, 0) is 18.1 Å². The largest absolute Gasteiger partial charge is 0.478 e. The van der Waals surface area contributed by atoms with E-state index in [0.29, 0.717) is 17.3 Å². The molecule has 0 saturated carbocycles. The predicted molar refractivity (Wildman–Crippen MR) is 55.4 cm³/mol. The summed E-state index contributed by atoms with van der Waals surface area (Å²) in [7, 11) is 0. The van der Waals surface area contributed by atoms with Gasteiger partial charge in [-0.1, -0.05) is 28.9 Å². The van der Waals surface area contributed by atoms with Crippen LogP contribution in [-0.2, 0) is 11.8 Å². The zero-order valence-corrected chi connectivity index (χ0v) is 9.27. The molecule has 1 aromatic carbocycles. The average molecular weight is 261 g/mol. The van der Waals surface area contributed by atoms with Gasteiger partial charge in [-0.25, -0.2) is 9.18 Å². The van der Waals surface area contributed by atoms with Gasteiger partial charge in [0.05, 0.1) is 5.56 Å². The molecular formula is C10H10BrFO2. The van der Waals surface area contributed by atoms with Crippen molar-refractivity contribution in [3.8, 4) is 0 Å². The molecule has 0 radical (unpaired) electrons. The fourth-order valence-corrected chi connectivity index (χ4v) is 1.91. The van der Waals surface area contributed by atoms with Crippen LogP contribution in [0.25, 0.3) is 0 Å². The van der Waals surface area contributed by atoms with Gasteiger partial charge < -0.3 is 5.11 Å². The van der Waals surface area contributed by atoms with Gasteiger partial charge >= 0.3 is 5.97 Å². The number of carboxylic acid groups (broad SMARTS) is 1. The molecule has 1 N–H and O–H groups in total. The first-order chi connectivity index (χ1) is 6.61. The Morgan fingerprint density at radius 3 is 2.64 bits per heavy atom. The lowest BCUT2D eigenvalue weighted by atomic mass is 10.0. The molecule has 4 heteroatoms. The molecule has 0 aliphatic carbocycles. The van der Waals surface area contributed by atoms with Gasteiger partial charge in [-0.2, -0.15) is 0 Å². The maximum atomic E-state index is 13.6. The minimum atomic E-state index is -1.23. The molecule has 0 heterocycles. The number of hydrogen-bond acceptors (Lipinski definition) is 1. The monoisotopic (exact) mass is 260 g/mol. The number of aryl methyl sites for hydroxylation is 1. The SMILES string of the molecule is CCc1ccc(C(=O)O)c(F)c1CBr. The minimum Gasteiger partial charge on any atom is -0.478 e. The summed E-state index contributed by atoms with van der Waals surface area (Å²) in [5, 5.41) is 9.03. The molecule has 2 nitrogen and oxygen atoms in total. The highest BCUT2D eigenvalue weighted by atomic mass is 79.9. The third kappa shape index (κ3) is 1.95. The Morgan fingerprint density at radius 1 is 1.57 bits per heavy atom. The maximum absolute atomic E-state index is 13.6. The Hall–Kier alpha value is -0.900. The molecule has 0 spiro atoms. The fraction of sp³-hybridized carbons (Fsp3) is 0.300. The van der Waals surface area contributed by atoms with Crippen LogP contribution in [0.3, 0.4) is 0 Å². The number of rotatable bonds is 3. The molecule has 0 amide bonds. The molecule has 0 aliphatic heterocycles. The topological polar surface area (TPSA) is 37.3 Å². The van der Waals surface area contributed by atoms with Crippen molar-refractivity contribution in [3.63, 3.8) is 0 Å². The third-order valence-electron chi connectivity index (χ3n) is 2.09. The lowest BCUT2D eigenvalue weighted by molar-refractivity contribution is 0.0691. The smallest absolute Gasteiger partial charge is 0.338 e. The van der Waals surface area contributed by atoms with Crippen LogP contribution in [0.5, 0.6) is 0 Å². The van der Waals surface area contributed by atoms with Crippen LogP contribution < -0.4 is 0 Å². The first kappa shape index (κ1) is 11.2. The maximum Gasteiger partial charge on any atom is 0.338 e. The second kappa shape index (κ2) is 4.55. The molecule has 0 bridgehead atoms. The lowest BCUT2D eigenvalue weighted by Gasteiger charge is -2.08. The van der Waals surface area contributed by atoms with Gasteiger partial charge in [0, 0.05) is 10.9 Å². The number of carbonyl (C=O) groups is 1. The van der Waals surface area contributed by atoms with E-state index in [4.69, 9.17) is 5.11 Å². The molecule has 0 atom stereocenters. The zero-order chi connectivity index (χ0) is 10.7. The number of alkyl halides is 1. The quantitative estimate of drug-likeness (QED) is 0.849. The Morgan fingerprint density at radius 2 is 2.21 bits per heavy atom. The Kier molecular flexibility index (Phi) is 3.63. The van der Waals surface area contributed by atoms with Crippen LogP contribution >= 0.6 is 15.9 Å². The molecule has 14 heavy (non-hydrogen) atoms. The number of benzene rings is 1. The first-order valence-corrected chi connectivity index (χ1v) is 5.33. The first-order valence-electron chi connectivity index (χ1n) is 4.21. The molecule has 0 aromatic heterocycles. The van der Waals surface area contributed by atoms with Crippen LogP contribution in [0, 0.1) is 5.82 Å². The molecule has 76 valence electrons. The molecule has 0 unspecified atom stereocenters. The molecule has 0 saturated heterocycles. The minimum absolute atomic E-state index is 0.267. The van der Waals surface area contributed by atoms with Crippen molar-refractivity contribution in [3.05, 3.63) is 34.6 Å². The third-order valence-corrected chi connectivity index (χ3v) is 2.65. The highest BCUT2D eigenvalue weighted by molar-refractivity contribution is 9.08. The molecule has 0 fully saturated rings. The Labute approximate surface area is 89.9 Å². The zero-order valence-electron chi connectivity index (χ0n) is 7.68. The number of carboxylic acids is 1. The van der Waals surface area contributed by atoms with Gasteiger partial charge in [0.15, 0.2) is 0 Å². The second-order valence-electron chi connectivity index (χ2n) is 2.86. The van der Waals surface area contributed by atoms with Crippen molar-refractivity contribution in [1.82, 2.24) is 0 Å². The van der Waals surface area contributed by atoms with E-state index in [2.05, 4.69) is 15.9 Å². The number of hydrogen-bond donors (Lipinski definition) is 1. The summed E-state index contributed by atoms with van der Waals surface area (Å²) < 4.78 is 13.6. The van der Waals surface area contributed by atoms with E-state index in [0.717, 1.165) is 5.56 Å². The average Bonchev–Trinajstić information content (AvgIpc) is 2.16. The number of aromatic carboxylic acids is 1. The van der Waals surface area contributed by atoms with Crippen LogP contribution in [0.4, 0.5) is 4.39 Å². The van der Waals surface area contributed by atoms with Crippen LogP contribution in [0.15, 0.2) is 12.1 Å². The van der Waals surface area contributed by atoms with Gasteiger partial charge in [-0.15, -0.1) is 0 Å². The van der Waals surface area contributed by atoms with E-state index in [1.807, 2.05) is 6.92 Å². The van der Waals surface area contributed by atoms with E-state index in [1.54, 1.807) is 6.07 Å². The van der Waals surface area contributed by atoms with Crippen LogP contribution in [0.2, 0.25) is 0 Å². The molecule has 1 rings (SSSR count). The van der Waals surface area contributed by atoms with Crippen LogP contribution in [-0.4, -0.2) is 11.1 Å². The van der Waals surface area contributed by atoms with Crippen molar-refractivity contribution in [2.45, 2.75) is 18.7 Å². The molecular weight excluding hydrogens is 251 g/mol. The molecule has 0 aliphatic rings. The molecule has 1 aromatic rings. The highest BCUT2D eigenvalue weighted by Crippen LogP contribution is 2.21. The van der Waals surface area contributed by atoms with E-state index in [-0.39, 0.29) is 5.56 Å². The fourth-order valence-electron chi connectivity index (χ4n) is 1.30. The lowest BCUT2D eigenvalue weighted by Crippen LogP contribution is -2.05. The predicted octanol–water partition coefficient (Wildman–Crippen LogP) is 2.98. The van der Waals surface area contributed by atoms with E-state index >= 15 is 0 Å². The summed E-state index contributed by atoms with van der Waals surface area (Å²) in [4.78, 5) is 10.6. The number of halogens is 2. The van der Waals surface area contributed by atoms with Gasteiger partial charge in [0.2, 0.25) is 0 Å². The summed E-state index contributed by atoms with van der Waals surface area (Å²) in [6.07, 6.45) is 0.692. The van der Waals surface area contributed by atoms with Crippen molar-refractivity contribution in [2.75, 3.05) is 0 Å². The van der Waals surface area contributed by atoms with Gasteiger partial charge in [0.25, 0.3) is 0 Å². The van der Waals surface area contributed by atoms with Crippen molar-refractivity contribution in [2.24, 2.45) is 0 Å². The highest BCUT2D eigenvalue weighted by Gasteiger charge is 2.15. The van der Waals surface area contributed by atoms with Crippen molar-refractivity contribution >= 4 is 21.9 Å². The summed E-state index contributed by atoms with van der Waals surface area (Å²) in [6.45, 7) is 1.90. The normalized spacial score (nSPS) is 10.2. The van der Waals surface area contributed by atoms with Gasteiger partial charge in [0.1, 0.15) is 5.82 Å². The van der Waals surface area contributed by atoms with Crippen molar-refractivity contribution in [1.29, 1.82) is 0 Å². The summed E-state index contributed by atoms with van der Waals surface area (Å²) >= 11 is 3.15. The van der Waals surface area contributed by atoms with E-state index in [9.17, 15) is 9.18 Å².